The van der Waals surface area contributed by atoms with Crippen molar-refractivity contribution in [2.45, 2.75) is 30.6 Å². The van der Waals surface area contributed by atoms with Crippen molar-refractivity contribution in [3.63, 3.8) is 0 Å². The first-order valence-electron chi connectivity index (χ1n) is 8.21. The number of thioether (sulfide) groups is 1. The quantitative estimate of drug-likeness (QED) is 0.544. The monoisotopic (exact) mass is 357 g/mol. The summed E-state index contributed by atoms with van der Waals surface area (Å²) in [4.78, 5) is 13.7. The van der Waals surface area contributed by atoms with Crippen LogP contribution in [-0.4, -0.2) is 37.5 Å². The zero-order valence-electron chi connectivity index (χ0n) is 13.8. The van der Waals surface area contributed by atoms with Crippen LogP contribution in [0.3, 0.4) is 0 Å². The summed E-state index contributed by atoms with van der Waals surface area (Å²) in [5, 5.41) is 13.6. The van der Waals surface area contributed by atoms with Crippen LogP contribution in [0.4, 0.5) is 11.5 Å². The van der Waals surface area contributed by atoms with E-state index in [1.807, 2.05) is 16.9 Å². The molecule has 1 fully saturated rings. The number of phenols is 1. The van der Waals surface area contributed by atoms with E-state index in [2.05, 4.69) is 20.3 Å². The molecule has 1 unspecified atom stereocenters. The van der Waals surface area contributed by atoms with Crippen LogP contribution in [0, 0.1) is 0 Å². The molecule has 0 spiro atoms. The van der Waals surface area contributed by atoms with Gasteiger partial charge in [-0.15, -0.1) is 0 Å². The summed E-state index contributed by atoms with van der Waals surface area (Å²) >= 11 is 1.48. The lowest BCUT2D eigenvalue weighted by Crippen LogP contribution is -2.17. The average molecular weight is 357 g/mol. The zero-order chi connectivity index (χ0) is 17.2. The van der Waals surface area contributed by atoms with E-state index in [1.165, 1.54) is 11.8 Å². The largest absolute Gasteiger partial charge is 0.508 e. The van der Waals surface area contributed by atoms with Crippen molar-refractivity contribution in [3.8, 4) is 5.75 Å². The lowest BCUT2D eigenvalue weighted by molar-refractivity contribution is -0.0298. The van der Waals surface area contributed by atoms with Gasteiger partial charge in [0, 0.05) is 18.4 Å². The van der Waals surface area contributed by atoms with Crippen molar-refractivity contribution in [1.29, 1.82) is 0 Å². The summed E-state index contributed by atoms with van der Waals surface area (Å²) in [6.07, 6.45) is 6.87. The summed E-state index contributed by atoms with van der Waals surface area (Å²) in [6, 6.07) is 6.92. The van der Waals surface area contributed by atoms with Crippen LogP contribution in [0.2, 0.25) is 0 Å². The van der Waals surface area contributed by atoms with E-state index >= 15 is 0 Å². The van der Waals surface area contributed by atoms with Gasteiger partial charge in [-0.1, -0.05) is 17.8 Å². The summed E-state index contributed by atoms with van der Waals surface area (Å²) in [5.41, 5.74) is 2.19. The number of phenolic OH excluding ortho intramolecular Hbond substituents is 1. The van der Waals surface area contributed by atoms with E-state index in [9.17, 15) is 5.11 Å². The van der Waals surface area contributed by atoms with Crippen molar-refractivity contribution in [2.24, 2.45) is 0 Å². The molecule has 0 amide bonds. The molecule has 0 bridgehead atoms. The van der Waals surface area contributed by atoms with Crippen molar-refractivity contribution in [1.82, 2.24) is 19.5 Å². The van der Waals surface area contributed by atoms with Gasteiger partial charge in [0.25, 0.3) is 0 Å². The molecule has 1 aliphatic heterocycles. The van der Waals surface area contributed by atoms with E-state index in [0.29, 0.717) is 16.5 Å². The van der Waals surface area contributed by atoms with Gasteiger partial charge in [-0.3, -0.25) is 4.57 Å². The minimum absolute atomic E-state index is 0.0306. The third-order valence-corrected chi connectivity index (χ3v) is 4.71. The number of anilines is 2. The smallest absolute Gasteiger partial charge is 0.191 e. The molecular formula is C17H19N5O2S. The molecule has 1 saturated heterocycles. The standard InChI is InChI=1S/C17H19N5O2S/c1-25-17-20-15(19-11-5-4-6-12(23)9-11)14-16(21-17)22(10-18-14)13-7-2-3-8-24-13/h4-6,9-10,13,23H,2-3,7-8H2,1H3,(H,19,20,21). The minimum atomic E-state index is -0.0306. The van der Waals surface area contributed by atoms with E-state index < -0.39 is 0 Å². The van der Waals surface area contributed by atoms with Gasteiger partial charge in [0.05, 0.1) is 6.33 Å². The molecule has 7 nitrogen and oxygen atoms in total. The number of fused-ring (bicyclic) bond motifs is 1. The SMILES string of the molecule is CSc1nc(Nc2cccc(O)c2)c2ncn(C3CCCCO3)c2n1. The second-order valence-electron chi connectivity index (χ2n) is 5.88. The Morgan fingerprint density at radius 1 is 1.32 bits per heavy atom. The van der Waals surface area contributed by atoms with Crippen LogP contribution >= 0.6 is 11.8 Å². The third kappa shape index (κ3) is 3.27. The molecule has 3 heterocycles. The fourth-order valence-electron chi connectivity index (χ4n) is 2.95. The maximum Gasteiger partial charge on any atom is 0.191 e. The number of rotatable bonds is 4. The molecule has 1 aromatic carbocycles. The number of aromatic hydroxyl groups is 1. The predicted octanol–water partition coefficient (Wildman–Crippen LogP) is 3.70. The lowest BCUT2D eigenvalue weighted by Gasteiger charge is -2.23. The highest BCUT2D eigenvalue weighted by molar-refractivity contribution is 7.98. The summed E-state index contributed by atoms with van der Waals surface area (Å²) in [5.74, 6) is 0.816. The van der Waals surface area contributed by atoms with Gasteiger partial charge in [0.15, 0.2) is 22.1 Å². The topological polar surface area (TPSA) is 85.1 Å². The highest BCUT2D eigenvalue weighted by Gasteiger charge is 2.21. The second-order valence-corrected chi connectivity index (χ2v) is 6.65. The first-order chi connectivity index (χ1) is 12.2. The Balaban J connectivity index is 1.77. The second kappa shape index (κ2) is 6.89. The Kier molecular flexibility index (Phi) is 4.46. The molecule has 8 heteroatoms. The van der Waals surface area contributed by atoms with Crippen molar-refractivity contribution >= 4 is 34.4 Å². The van der Waals surface area contributed by atoms with Crippen molar-refractivity contribution in [2.75, 3.05) is 18.2 Å². The maximum atomic E-state index is 9.67. The number of nitrogens with one attached hydrogen (secondary N) is 1. The Morgan fingerprint density at radius 3 is 3.00 bits per heavy atom. The summed E-state index contributed by atoms with van der Waals surface area (Å²) in [6.45, 7) is 0.763. The molecule has 25 heavy (non-hydrogen) atoms. The molecule has 0 radical (unpaired) electrons. The van der Waals surface area contributed by atoms with Gasteiger partial charge in [0.2, 0.25) is 0 Å². The third-order valence-electron chi connectivity index (χ3n) is 4.16. The highest BCUT2D eigenvalue weighted by atomic mass is 32.2. The molecular weight excluding hydrogens is 338 g/mol. The molecule has 0 saturated carbocycles. The van der Waals surface area contributed by atoms with Crippen molar-refractivity contribution < 1.29 is 9.84 Å². The van der Waals surface area contributed by atoms with Gasteiger partial charge in [0.1, 0.15) is 12.0 Å². The predicted molar refractivity (Wildman–Crippen MR) is 97.3 cm³/mol. The van der Waals surface area contributed by atoms with Gasteiger partial charge in [-0.05, 0) is 37.7 Å². The molecule has 2 aromatic heterocycles. The Bertz CT molecular complexity index is 892. The van der Waals surface area contributed by atoms with Gasteiger partial charge in [-0.2, -0.15) is 0 Å². The number of hydrogen-bond acceptors (Lipinski definition) is 7. The molecule has 0 aliphatic carbocycles. The number of imidazole rings is 1. The average Bonchev–Trinajstić information content (AvgIpc) is 3.06. The Morgan fingerprint density at radius 2 is 2.24 bits per heavy atom. The Labute approximate surface area is 149 Å². The first-order valence-corrected chi connectivity index (χ1v) is 9.43. The molecule has 1 atom stereocenters. The van der Waals surface area contributed by atoms with Crippen LogP contribution in [0.1, 0.15) is 25.5 Å². The minimum Gasteiger partial charge on any atom is -0.508 e. The molecule has 2 N–H and O–H groups in total. The fourth-order valence-corrected chi connectivity index (χ4v) is 3.31. The summed E-state index contributed by atoms with van der Waals surface area (Å²) < 4.78 is 7.87. The van der Waals surface area contributed by atoms with Crippen LogP contribution in [0.15, 0.2) is 35.7 Å². The summed E-state index contributed by atoms with van der Waals surface area (Å²) in [7, 11) is 0. The van der Waals surface area contributed by atoms with Crippen molar-refractivity contribution in [3.05, 3.63) is 30.6 Å². The normalized spacial score (nSPS) is 17.7. The van der Waals surface area contributed by atoms with Crippen LogP contribution in [0.25, 0.3) is 11.2 Å². The number of aromatic nitrogens is 4. The van der Waals surface area contributed by atoms with E-state index in [1.54, 1.807) is 24.5 Å². The Hall–Kier alpha value is -2.32. The van der Waals surface area contributed by atoms with E-state index in [0.717, 1.165) is 37.2 Å². The van der Waals surface area contributed by atoms with Gasteiger partial charge in [-0.25, -0.2) is 15.0 Å². The van der Waals surface area contributed by atoms with Crippen LogP contribution in [0.5, 0.6) is 5.75 Å². The number of nitrogens with zero attached hydrogens (tertiary/aromatic N) is 4. The molecule has 1 aliphatic rings. The van der Waals surface area contributed by atoms with E-state index in [-0.39, 0.29) is 12.0 Å². The van der Waals surface area contributed by atoms with Gasteiger partial charge < -0.3 is 15.2 Å². The zero-order valence-corrected chi connectivity index (χ0v) is 14.7. The van der Waals surface area contributed by atoms with E-state index in [4.69, 9.17) is 4.74 Å². The molecule has 3 aromatic rings. The maximum absolute atomic E-state index is 9.67. The van der Waals surface area contributed by atoms with Crippen LogP contribution in [-0.2, 0) is 4.74 Å². The fraction of sp³-hybridized carbons (Fsp3) is 0.353. The number of hydrogen-bond donors (Lipinski definition) is 2. The number of ether oxygens (including phenoxy) is 1. The van der Waals surface area contributed by atoms with Crippen LogP contribution < -0.4 is 5.32 Å². The number of benzene rings is 1. The first kappa shape index (κ1) is 16.2. The lowest BCUT2D eigenvalue weighted by atomic mass is 10.2. The molecule has 4 rings (SSSR count). The van der Waals surface area contributed by atoms with Gasteiger partial charge >= 0.3 is 0 Å². The molecule has 130 valence electrons. The highest BCUT2D eigenvalue weighted by Crippen LogP contribution is 2.30.